The lowest BCUT2D eigenvalue weighted by atomic mass is 9.98. The van der Waals surface area contributed by atoms with Gasteiger partial charge in [-0.1, -0.05) is 38.0 Å². The molecule has 2 amide bonds. The van der Waals surface area contributed by atoms with E-state index in [-0.39, 0.29) is 12.0 Å². The fourth-order valence-corrected chi connectivity index (χ4v) is 2.24. The Morgan fingerprint density at radius 1 is 1.38 bits per heavy atom. The van der Waals surface area contributed by atoms with Crippen LogP contribution in [0, 0.1) is 12.3 Å². The first-order valence-corrected chi connectivity index (χ1v) is 7.27. The zero-order valence-electron chi connectivity index (χ0n) is 12.9. The third-order valence-corrected chi connectivity index (χ3v) is 4.08. The van der Waals surface area contributed by atoms with Crippen LogP contribution < -0.4 is 5.32 Å². The van der Waals surface area contributed by atoms with Gasteiger partial charge in [0.05, 0.1) is 6.54 Å². The van der Waals surface area contributed by atoms with Crippen molar-refractivity contribution < 1.29 is 9.59 Å². The van der Waals surface area contributed by atoms with Gasteiger partial charge in [-0.15, -0.1) is 16.6 Å². The predicted molar refractivity (Wildman–Crippen MR) is 83.3 cm³/mol. The molecule has 1 aromatic heterocycles. The molecule has 0 fully saturated rings. The van der Waals surface area contributed by atoms with Gasteiger partial charge in [0.2, 0.25) is 5.13 Å². The van der Waals surface area contributed by atoms with Crippen LogP contribution >= 0.6 is 11.3 Å². The molecule has 0 aliphatic carbocycles. The Hall–Kier alpha value is -1.94. The molecule has 21 heavy (non-hydrogen) atoms. The maximum Gasteiger partial charge on any atom is 0.325 e. The van der Waals surface area contributed by atoms with E-state index in [2.05, 4.69) is 21.4 Å². The van der Waals surface area contributed by atoms with Crippen LogP contribution in [-0.2, 0) is 10.2 Å². The molecule has 0 aliphatic rings. The van der Waals surface area contributed by atoms with E-state index in [0.717, 1.165) is 5.01 Å². The second-order valence-electron chi connectivity index (χ2n) is 6.07. The van der Waals surface area contributed by atoms with Gasteiger partial charge in [0.25, 0.3) is 0 Å². The van der Waals surface area contributed by atoms with Crippen molar-refractivity contribution in [3.63, 3.8) is 0 Å². The zero-order valence-corrected chi connectivity index (χ0v) is 13.7. The predicted octanol–water partition coefficient (Wildman–Crippen LogP) is 2.28. The number of hydrogen-bond acceptors (Lipinski definition) is 5. The summed E-state index contributed by atoms with van der Waals surface area (Å²) in [6, 6.07) is -0.471. The maximum absolute atomic E-state index is 12.3. The van der Waals surface area contributed by atoms with Crippen LogP contribution in [0.1, 0.15) is 39.6 Å². The molecule has 1 rings (SSSR count). The zero-order chi connectivity index (χ0) is 16.3. The fourth-order valence-electron chi connectivity index (χ4n) is 1.45. The van der Waals surface area contributed by atoms with Crippen LogP contribution in [0.25, 0.3) is 0 Å². The highest BCUT2D eigenvalue weighted by Crippen LogP contribution is 2.28. The van der Waals surface area contributed by atoms with Gasteiger partial charge in [-0.05, 0) is 13.8 Å². The molecule has 0 aromatic carbocycles. The van der Waals surface area contributed by atoms with Crippen LogP contribution in [0.5, 0.6) is 0 Å². The van der Waals surface area contributed by atoms with Crippen molar-refractivity contribution in [2.75, 3.05) is 11.9 Å². The van der Waals surface area contributed by atoms with E-state index in [1.54, 1.807) is 13.8 Å². The fraction of sp³-hybridized carbons (Fsp3) is 0.571. The molecule has 1 aromatic rings. The second kappa shape index (κ2) is 6.22. The van der Waals surface area contributed by atoms with Crippen LogP contribution in [0.3, 0.4) is 0 Å². The largest absolute Gasteiger partial charge is 0.325 e. The number of carbonyl (C=O) groups excluding carboxylic acids is 2. The first-order chi connectivity index (χ1) is 9.61. The lowest BCUT2D eigenvalue weighted by molar-refractivity contribution is -0.108. The van der Waals surface area contributed by atoms with Gasteiger partial charge >= 0.3 is 6.03 Å². The van der Waals surface area contributed by atoms with Gasteiger partial charge in [0.15, 0.2) is 0 Å². The number of urea groups is 1. The highest BCUT2D eigenvalue weighted by Gasteiger charge is 2.29. The molecular formula is C14H20N4O2S. The molecule has 0 unspecified atom stereocenters. The Bertz CT molecular complexity index is 566. The maximum atomic E-state index is 12.3. The monoisotopic (exact) mass is 308 g/mol. The van der Waals surface area contributed by atoms with E-state index in [0.29, 0.717) is 11.4 Å². The summed E-state index contributed by atoms with van der Waals surface area (Å²) < 4.78 is 0. The van der Waals surface area contributed by atoms with Crippen LogP contribution in [0.15, 0.2) is 0 Å². The number of nitrogens with zero attached hydrogens (tertiary/aromatic N) is 3. The van der Waals surface area contributed by atoms with E-state index >= 15 is 0 Å². The van der Waals surface area contributed by atoms with Gasteiger partial charge in [-0.2, -0.15) is 0 Å². The van der Waals surface area contributed by atoms with Crippen molar-refractivity contribution >= 4 is 28.8 Å². The molecule has 0 aliphatic heterocycles. The Labute approximate surface area is 128 Å². The van der Waals surface area contributed by atoms with Crippen molar-refractivity contribution in [2.45, 2.75) is 45.6 Å². The van der Waals surface area contributed by atoms with E-state index < -0.39 is 11.6 Å². The SMILES string of the molecule is C#CC(C)(C)N(CC=O)C(=O)Nc1nnc(C(C)(C)C)s1. The minimum absolute atomic E-state index is 0.0893. The number of amides is 2. The normalized spacial score (nSPS) is 11.6. The lowest BCUT2D eigenvalue weighted by Crippen LogP contribution is -2.49. The van der Waals surface area contributed by atoms with Gasteiger partial charge in [0.1, 0.15) is 16.8 Å². The van der Waals surface area contributed by atoms with Crippen LogP contribution in [0.2, 0.25) is 0 Å². The number of carbonyl (C=O) groups is 2. The highest BCUT2D eigenvalue weighted by molar-refractivity contribution is 7.15. The topological polar surface area (TPSA) is 75.2 Å². The number of nitrogens with one attached hydrogen (secondary N) is 1. The summed E-state index contributed by atoms with van der Waals surface area (Å²) in [6.07, 6.45) is 6.06. The van der Waals surface area contributed by atoms with Crippen molar-refractivity contribution in [2.24, 2.45) is 0 Å². The summed E-state index contributed by atoms with van der Waals surface area (Å²) >= 11 is 1.30. The average Bonchev–Trinajstić information content (AvgIpc) is 2.83. The van der Waals surface area contributed by atoms with E-state index in [4.69, 9.17) is 6.42 Å². The van der Waals surface area contributed by atoms with Gasteiger partial charge in [0, 0.05) is 5.41 Å². The lowest BCUT2D eigenvalue weighted by Gasteiger charge is -2.32. The molecule has 0 bridgehead atoms. The molecule has 0 saturated heterocycles. The standard InChI is InChI=1S/C14H20N4O2S/c1-7-14(5,6)18(8-9-19)12(20)15-11-17-16-10(21-11)13(2,3)4/h1,9H,8H2,2-6H3,(H,15,17,20). The molecule has 6 nitrogen and oxygen atoms in total. The third kappa shape index (κ3) is 4.26. The molecule has 0 saturated carbocycles. The van der Waals surface area contributed by atoms with E-state index in [1.807, 2.05) is 20.8 Å². The Morgan fingerprint density at radius 3 is 2.43 bits per heavy atom. The number of anilines is 1. The summed E-state index contributed by atoms with van der Waals surface area (Å²) in [5.74, 6) is 2.50. The first-order valence-electron chi connectivity index (χ1n) is 6.46. The van der Waals surface area contributed by atoms with E-state index in [1.165, 1.54) is 16.2 Å². The Morgan fingerprint density at radius 2 is 2.00 bits per heavy atom. The molecule has 0 atom stereocenters. The molecule has 0 radical (unpaired) electrons. The van der Waals surface area contributed by atoms with Crippen molar-refractivity contribution in [3.8, 4) is 12.3 Å². The summed E-state index contributed by atoms with van der Waals surface area (Å²) in [5.41, 5.74) is -1.01. The average molecular weight is 308 g/mol. The number of aldehydes is 1. The molecule has 0 spiro atoms. The van der Waals surface area contributed by atoms with Crippen molar-refractivity contribution in [3.05, 3.63) is 5.01 Å². The second-order valence-corrected chi connectivity index (χ2v) is 7.05. The molecular weight excluding hydrogens is 288 g/mol. The minimum Gasteiger partial charge on any atom is -0.301 e. The number of rotatable bonds is 4. The Kier molecular flexibility index (Phi) is 5.07. The quantitative estimate of drug-likeness (QED) is 0.684. The minimum atomic E-state index is -0.872. The number of terminal acetylenes is 1. The first kappa shape index (κ1) is 17.1. The summed E-state index contributed by atoms with van der Waals surface area (Å²) in [7, 11) is 0. The van der Waals surface area contributed by atoms with Gasteiger partial charge in [-0.3, -0.25) is 5.32 Å². The van der Waals surface area contributed by atoms with Crippen LogP contribution in [-0.4, -0.2) is 39.5 Å². The van der Waals surface area contributed by atoms with Crippen LogP contribution in [0.4, 0.5) is 9.93 Å². The number of hydrogen-bond donors (Lipinski definition) is 1. The molecule has 7 heteroatoms. The third-order valence-electron chi connectivity index (χ3n) is 2.81. The van der Waals surface area contributed by atoms with E-state index in [9.17, 15) is 9.59 Å². The number of aromatic nitrogens is 2. The van der Waals surface area contributed by atoms with Crippen molar-refractivity contribution in [1.82, 2.24) is 15.1 Å². The summed E-state index contributed by atoms with van der Waals surface area (Å²) in [4.78, 5) is 24.3. The van der Waals surface area contributed by atoms with Crippen molar-refractivity contribution in [1.29, 1.82) is 0 Å². The molecule has 1 heterocycles. The Balaban J connectivity index is 2.90. The molecule has 114 valence electrons. The smallest absolute Gasteiger partial charge is 0.301 e. The van der Waals surface area contributed by atoms with Gasteiger partial charge in [-0.25, -0.2) is 4.79 Å². The summed E-state index contributed by atoms with van der Waals surface area (Å²) in [5, 5.41) is 11.8. The molecule has 1 N–H and O–H groups in total. The highest BCUT2D eigenvalue weighted by atomic mass is 32.1. The summed E-state index contributed by atoms with van der Waals surface area (Å²) in [6.45, 7) is 9.33. The van der Waals surface area contributed by atoms with Gasteiger partial charge < -0.3 is 9.69 Å².